The molecule has 0 atom stereocenters. The zero-order valence-corrected chi connectivity index (χ0v) is 10.2. The second kappa shape index (κ2) is 4.87. The second-order valence-electron chi connectivity index (χ2n) is 4.03. The molecule has 4 nitrogen and oxygen atoms in total. The second-order valence-corrected chi connectivity index (χ2v) is 4.03. The van der Waals surface area contributed by atoms with Crippen LogP contribution in [0.5, 0.6) is 11.6 Å². The maximum atomic E-state index is 11.0. The lowest BCUT2D eigenvalue weighted by Gasteiger charge is -2.10. The molecule has 2 rings (SSSR count). The van der Waals surface area contributed by atoms with E-state index >= 15 is 0 Å². The highest BCUT2D eigenvalue weighted by atomic mass is 16.5. The first-order valence-electron chi connectivity index (χ1n) is 5.51. The Hall–Kier alpha value is -2.36. The molecule has 0 fully saturated rings. The zero-order chi connectivity index (χ0) is 13.1. The zero-order valence-electron chi connectivity index (χ0n) is 10.2. The molecule has 0 aliphatic heterocycles. The van der Waals surface area contributed by atoms with Gasteiger partial charge in [0.15, 0.2) is 0 Å². The number of aryl methyl sites for hydroxylation is 2. The van der Waals surface area contributed by atoms with E-state index in [1.54, 1.807) is 6.07 Å². The van der Waals surface area contributed by atoms with Gasteiger partial charge >= 0.3 is 5.97 Å². The minimum absolute atomic E-state index is 0.0532. The van der Waals surface area contributed by atoms with Crippen molar-refractivity contribution in [2.24, 2.45) is 0 Å². The van der Waals surface area contributed by atoms with Gasteiger partial charge in [0.05, 0.1) is 0 Å². The lowest BCUT2D eigenvalue weighted by atomic mass is 10.1. The van der Waals surface area contributed by atoms with Crippen LogP contribution in [0.15, 0.2) is 36.5 Å². The summed E-state index contributed by atoms with van der Waals surface area (Å²) in [7, 11) is 0. The van der Waals surface area contributed by atoms with Crippen molar-refractivity contribution in [2.75, 3.05) is 0 Å². The summed E-state index contributed by atoms with van der Waals surface area (Å²) >= 11 is 0. The molecule has 4 heteroatoms. The first kappa shape index (κ1) is 12.1. The molecule has 0 saturated heterocycles. The van der Waals surface area contributed by atoms with E-state index in [2.05, 4.69) is 4.98 Å². The monoisotopic (exact) mass is 243 g/mol. The van der Waals surface area contributed by atoms with E-state index < -0.39 is 5.97 Å². The summed E-state index contributed by atoms with van der Waals surface area (Å²) in [4.78, 5) is 15.0. The predicted octanol–water partition coefficient (Wildman–Crippen LogP) is 3.19. The van der Waals surface area contributed by atoms with E-state index in [1.807, 2.05) is 32.0 Å². The number of hydrogen-bond donors (Lipinski definition) is 1. The van der Waals surface area contributed by atoms with Crippen LogP contribution in [0.25, 0.3) is 0 Å². The van der Waals surface area contributed by atoms with Crippen LogP contribution in [0.4, 0.5) is 0 Å². The Morgan fingerprint density at radius 3 is 2.72 bits per heavy atom. The van der Waals surface area contributed by atoms with Crippen LogP contribution in [-0.4, -0.2) is 16.1 Å². The molecule has 1 aromatic carbocycles. The molecule has 0 bridgehead atoms. The summed E-state index contributed by atoms with van der Waals surface area (Å²) in [5.74, 6) is -0.332. The predicted molar refractivity (Wildman–Crippen MR) is 67.2 cm³/mol. The third-order valence-electron chi connectivity index (χ3n) is 2.54. The summed E-state index contributed by atoms with van der Waals surface area (Å²) in [5.41, 5.74) is 2.12. The van der Waals surface area contributed by atoms with Gasteiger partial charge in [-0.25, -0.2) is 9.78 Å². The maximum absolute atomic E-state index is 11.0. The van der Waals surface area contributed by atoms with Crippen molar-refractivity contribution in [3.05, 3.63) is 53.2 Å². The fraction of sp³-hybridized carbons (Fsp3) is 0.143. The molecule has 0 unspecified atom stereocenters. The fourth-order valence-corrected chi connectivity index (χ4v) is 1.65. The van der Waals surface area contributed by atoms with E-state index in [9.17, 15) is 4.79 Å². The Morgan fingerprint density at radius 1 is 1.28 bits per heavy atom. The average molecular weight is 243 g/mol. The van der Waals surface area contributed by atoms with Crippen molar-refractivity contribution in [3.8, 4) is 11.6 Å². The van der Waals surface area contributed by atoms with Gasteiger partial charge in [0.2, 0.25) is 5.88 Å². The molecule has 92 valence electrons. The molecular weight excluding hydrogens is 230 g/mol. The van der Waals surface area contributed by atoms with E-state index in [1.165, 1.54) is 12.3 Å². The number of benzene rings is 1. The van der Waals surface area contributed by atoms with Gasteiger partial charge in [0.25, 0.3) is 0 Å². The SMILES string of the molecule is Cc1ccc(Oc2ncccc2C(=O)O)c(C)c1. The van der Waals surface area contributed by atoms with Gasteiger partial charge < -0.3 is 9.84 Å². The van der Waals surface area contributed by atoms with E-state index in [4.69, 9.17) is 9.84 Å². The molecule has 0 aliphatic carbocycles. The Labute approximate surface area is 105 Å². The summed E-state index contributed by atoms with van der Waals surface area (Å²) in [6, 6.07) is 8.72. The van der Waals surface area contributed by atoms with Crippen LogP contribution in [0.3, 0.4) is 0 Å². The van der Waals surface area contributed by atoms with E-state index in [0.717, 1.165) is 11.1 Å². The van der Waals surface area contributed by atoms with Crippen molar-refractivity contribution >= 4 is 5.97 Å². The molecule has 1 aromatic heterocycles. The number of aromatic carboxylic acids is 1. The Kier molecular flexibility index (Phi) is 3.28. The highest BCUT2D eigenvalue weighted by Gasteiger charge is 2.13. The smallest absolute Gasteiger partial charge is 0.341 e. The standard InChI is InChI=1S/C14H13NO3/c1-9-5-6-12(10(2)8-9)18-13-11(14(16)17)4-3-7-15-13/h3-8H,1-2H3,(H,16,17). The van der Waals surface area contributed by atoms with Crippen molar-refractivity contribution in [2.45, 2.75) is 13.8 Å². The van der Waals surface area contributed by atoms with Gasteiger partial charge in [-0.2, -0.15) is 0 Å². The third kappa shape index (κ3) is 2.48. The first-order chi connectivity index (χ1) is 8.58. The topological polar surface area (TPSA) is 59.4 Å². The molecule has 0 radical (unpaired) electrons. The molecule has 0 spiro atoms. The highest BCUT2D eigenvalue weighted by molar-refractivity contribution is 5.90. The van der Waals surface area contributed by atoms with Gasteiger partial charge in [-0.15, -0.1) is 0 Å². The van der Waals surface area contributed by atoms with Crippen LogP contribution < -0.4 is 4.74 Å². The number of carbonyl (C=O) groups is 1. The number of nitrogens with zero attached hydrogens (tertiary/aromatic N) is 1. The molecule has 1 heterocycles. The molecule has 0 aliphatic rings. The van der Waals surface area contributed by atoms with Gasteiger partial charge in [0.1, 0.15) is 11.3 Å². The lowest BCUT2D eigenvalue weighted by molar-refractivity contribution is 0.0693. The van der Waals surface area contributed by atoms with E-state index in [0.29, 0.717) is 5.75 Å². The summed E-state index contributed by atoms with van der Waals surface area (Å²) < 4.78 is 5.56. The normalized spacial score (nSPS) is 10.1. The van der Waals surface area contributed by atoms with Crippen molar-refractivity contribution in [3.63, 3.8) is 0 Å². The molecule has 1 N–H and O–H groups in total. The number of hydrogen-bond acceptors (Lipinski definition) is 3. The lowest BCUT2D eigenvalue weighted by Crippen LogP contribution is -2.02. The minimum atomic E-state index is -1.05. The fourth-order valence-electron chi connectivity index (χ4n) is 1.65. The largest absolute Gasteiger partial charge is 0.477 e. The summed E-state index contributed by atoms with van der Waals surface area (Å²) in [6.07, 6.45) is 1.51. The van der Waals surface area contributed by atoms with Gasteiger partial charge in [-0.3, -0.25) is 0 Å². The van der Waals surface area contributed by atoms with Crippen LogP contribution in [0, 0.1) is 13.8 Å². The number of ether oxygens (including phenoxy) is 1. The Morgan fingerprint density at radius 2 is 2.06 bits per heavy atom. The van der Waals surface area contributed by atoms with Crippen molar-refractivity contribution in [1.29, 1.82) is 0 Å². The van der Waals surface area contributed by atoms with Gasteiger partial charge in [0, 0.05) is 6.20 Å². The van der Waals surface area contributed by atoms with Crippen LogP contribution >= 0.6 is 0 Å². The van der Waals surface area contributed by atoms with Crippen LogP contribution in [-0.2, 0) is 0 Å². The molecular formula is C14H13NO3. The Balaban J connectivity index is 2.37. The van der Waals surface area contributed by atoms with Crippen LogP contribution in [0.2, 0.25) is 0 Å². The van der Waals surface area contributed by atoms with Crippen molar-refractivity contribution in [1.82, 2.24) is 4.98 Å². The summed E-state index contributed by atoms with van der Waals surface area (Å²) in [6.45, 7) is 3.89. The quantitative estimate of drug-likeness (QED) is 0.899. The van der Waals surface area contributed by atoms with Gasteiger partial charge in [-0.05, 0) is 37.6 Å². The highest BCUT2D eigenvalue weighted by Crippen LogP contribution is 2.26. The summed E-state index contributed by atoms with van der Waals surface area (Å²) in [5, 5.41) is 9.04. The van der Waals surface area contributed by atoms with Crippen molar-refractivity contribution < 1.29 is 14.6 Å². The number of carboxylic acid groups (broad SMARTS) is 1. The number of rotatable bonds is 3. The average Bonchev–Trinajstić information content (AvgIpc) is 2.33. The molecule has 2 aromatic rings. The van der Waals surface area contributed by atoms with Crippen LogP contribution in [0.1, 0.15) is 21.5 Å². The molecule has 0 saturated carbocycles. The third-order valence-corrected chi connectivity index (χ3v) is 2.54. The molecule has 18 heavy (non-hydrogen) atoms. The van der Waals surface area contributed by atoms with E-state index in [-0.39, 0.29) is 11.4 Å². The minimum Gasteiger partial charge on any atom is -0.477 e. The number of pyridine rings is 1. The number of aromatic nitrogens is 1. The van der Waals surface area contributed by atoms with Gasteiger partial charge in [-0.1, -0.05) is 17.7 Å². The molecule has 0 amide bonds. The number of carboxylic acids is 1. The first-order valence-corrected chi connectivity index (χ1v) is 5.51. The maximum Gasteiger partial charge on any atom is 0.341 e. The Bertz CT molecular complexity index is 593.